The molecule has 3 aromatic rings. The number of hydrogen-bond acceptors (Lipinski definition) is 3. The number of carbonyl (C=O) groups excluding carboxylic acids is 2. The van der Waals surface area contributed by atoms with Crippen LogP contribution in [0.15, 0.2) is 59.2 Å². The van der Waals surface area contributed by atoms with E-state index in [0.717, 1.165) is 20.9 Å². The van der Waals surface area contributed by atoms with Crippen LogP contribution < -0.4 is 10.6 Å². The quantitative estimate of drug-likeness (QED) is 0.493. The molecule has 29 heavy (non-hydrogen) atoms. The van der Waals surface area contributed by atoms with Crippen molar-refractivity contribution in [3.8, 4) is 0 Å². The molecule has 0 aliphatic rings. The Morgan fingerprint density at radius 3 is 2.52 bits per heavy atom. The number of halogens is 1. The van der Waals surface area contributed by atoms with E-state index in [1.54, 1.807) is 20.8 Å². The average molecular weight is 458 g/mol. The zero-order valence-corrected chi connectivity index (χ0v) is 18.2. The number of benzene rings is 2. The molecule has 2 amide bonds. The third-order valence-electron chi connectivity index (χ3n) is 4.29. The van der Waals surface area contributed by atoms with Crippen molar-refractivity contribution in [2.75, 3.05) is 11.9 Å². The first-order valence-corrected chi connectivity index (χ1v) is 10.1. The molecule has 2 aromatic carbocycles. The van der Waals surface area contributed by atoms with Crippen molar-refractivity contribution >= 4 is 44.5 Å². The summed E-state index contributed by atoms with van der Waals surface area (Å²) < 4.78 is 6.22. The fourth-order valence-corrected chi connectivity index (χ4v) is 3.44. The predicted octanol–water partition coefficient (Wildman–Crippen LogP) is 5.18. The first-order chi connectivity index (χ1) is 13.7. The van der Waals surface area contributed by atoms with E-state index in [-0.39, 0.29) is 12.5 Å². The summed E-state index contributed by atoms with van der Waals surface area (Å²) in [6.45, 7) is 5.50. The summed E-state index contributed by atoms with van der Waals surface area (Å²) in [5.74, 6) is -0.789. The molecule has 6 nitrogen and oxygen atoms in total. The number of alkyl carbamates (subject to hydrolysis) is 1. The highest BCUT2D eigenvalue weighted by atomic mass is 79.9. The molecule has 0 saturated carbocycles. The summed E-state index contributed by atoms with van der Waals surface area (Å²) in [7, 11) is 0. The summed E-state index contributed by atoms with van der Waals surface area (Å²) >= 11 is 3.49. The Kier molecular flexibility index (Phi) is 6.27. The number of anilines is 1. The smallest absolute Gasteiger partial charge is 0.407 e. The Hall–Kier alpha value is -2.80. The molecule has 0 aliphatic heterocycles. The topological polar surface area (TPSA) is 83.2 Å². The summed E-state index contributed by atoms with van der Waals surface area (Å²) in [4.78, 5) is 28.4. The van der Waals surface area contributed by atoms with Crippen molar-refractivity contribution in [3.63, 3.8) is 0 Å². The van der Waals surface area contributed by atoms with Gasteiger partial charge < -0.3 is 20.4 Å². The number of amides is 2. The lowest BCUT2D eigenvalue weighted by molar-refractivity contribution is -0.117. The van der Waals surface area contributed by atoms with Crippen LogP contribution in [-0.2, 0) is 9.53 Å². The first-order valence-electron chi connectivity index (χ1n) is 9.33. The minimum Gasteiger partial charge on any atom is -0.444 e. The Bertz CT molecular complexity index is 1010. The Morgan fingerprint density at radius 1 is 1.10 bits per heavy atom. The molecule has 0 saturated heterocycles. The molecule has 0 unspecified atom stereocenters. The second-order valence-electron chi connectivity index (χ2n) is 7.70. The van der Waals surface area contributed by atoms with Crippen LogP contribution in [0.5, 0.6) is 0 Å². The standard InChI is InChI=1S/C22H24BrN3O3/c1-22(2,3)29-21(28)25-12-16(14-8-5-4-6-9-14)20(27)26-18-11-7-10-15-17(23)13-24-19(15)18/h4-11,13,16,24H,12H2,1-3H3,(H,25,28)(H,26,27)/t16-/m1/s1. The zero-order valence-electron chi connectivity index (χ0n) is 16.6. The van der Waals surface area contributed by atoms with Crippen LogP contribution in [0, 0.1) is 0 Å². The Labute approximate surface area is 178 Å². The lowest BCUT2D eigenvalue weighted by Crippen LogP contribution is -2.37. The van der Waals surface area contributed by atoms with E-state index in [1.165, 1.54) is 0 Å². The summed E-state index contributed by atoms with van der Waals surface area (Å²) in [6.07, 6.45) is 1.28. The van der Waals surface area contributed by atoms with Crippen molar-refractivity contribution in [1.29, 1.82) is 0 Å². The maximum atomic E-state index is 13.1. The largest absolute Gasteiger partial charge is 0.444 e. The van der Waals surface area contributed by atoms with Gasteiger partial charge in [0.15, 0.2) is 0 Å². The highest BCUT2D eigenvalue weighted by Gasteiger charge is 2.24. The van der Waals surface area contributed by atoms with Gasteiger partial charge in [-0.05, 0) is 48.3 Å². The number of para-hydroxylation sites is 1. The maximum Gasteiger partial charge on any atom is 0.407 e. The first kappa shape index (κ1) is 20.9. The lowest BCUT2D eigenvalue weighted by atomic mass is 9.98. The molecule has 3 rings (SSSR count). The van der Waals surface area contributed by atoms with Crippen LogP contribution in [0.1, 0.15) is 32.3 Å². The molecular formula is C22H24BrN3O3. The molecule has 0 spiro atoms. The van der Waals surface area contributed by atoms with Gasteiger partial charge >= 0.3 is 6.09 Å². The molecular weight excluding hydrogens is 434 g/mol. The molecule has 1 atom stereocenters. The van der Waals surface area contributed by atoms with Gasteiger partial charge in [0.05, 0.1) is 17.1 Å². The van der Waals surface area contributed by atoms with Gasteiger partial charge in [0.25, 0.3) is 0 Å². The minimum absolute atomic E-state index is 0.120. The fourth-order valence-electron chi connectivity index (χ4n) is 2.99. The van der Waals surface area contributed by atoms with E-state index in [0.29, 0.717) is 5.69 Å². The molecule has 0 bridgehead atoms. The van der Waals surface area contributed by atoms with Crippen molar-refractivity contribution in [1.82, 2.24) is 10.3 Å². The van der Waals surface area contributed by atoms with Crippen molar-refractivity contribution in [2.45, 2.75) is 32.3 Å². The molecule has 0 radical (unpaired) electrons. The normalized spacial score (nSPS) is 12.4. The van der Waals surface area contributed by atoms with Crippen molar-refractivity contribution in [2.24, 2.45) is 0 Å². The minimum atomic E-state index is -0.606. The van der Waals surface area contributed by atoms with Gasteiger partial charge in [-0.3, -0.25) is 4.79 Å². The van der Waals surface area contributed by atoms with Gasteiger partial charge in [0.2, 0.25) is 5.91 Å². The number of aromatic amines is 1. The average Bonchev–Trinajstić information content (AvgIpc) is 3.03. The van der Waals surface area contributed by atoms with E-state index in [2.05, 4.69) is 31.5 Å². The fraction of sp³-hybridized carbons (Fsp3) is 0.273. The molecule has 3 N–H and O–H groups in total. The van der Waals surface area contributed by atoms with Gasteiger partial charge in [0.1, 0.15) is 5.60 Å². The molecule has 7 heteroatoms. The summed E-state index contributed by atoms with van der Waals surface area (Å²) in [5.41, 5.74) is 1.71. The van der Waals surface area contributed by atoms with Gasteiger partial charge in [-0.15, -0.1) is 0 Å². The van der Waals surface area contributed by atoms with Gasteiger partial charge in [-0.25, -0.2) is 4.79 Å². The number of H-pyrrole nitrogens is 1. The third-order valence-corrected chi connectivity index (χ3v) is 4.95. The highest BCUT2D eigenvalue weighted by Crippen LogP contribution is 2.29. The van der Waals surface area contributed by atoms with Gasteiger partial charge in [0, 0.05) is 22.6 Å². The van der Waals surface area contributed by atoms with E-state index in [1.807, 2.05) is 54.7 Å². The van der Waals surface area contributed by atoms with E-state index in [4.69, 9.17) is 4.74 Å². The van der Waals surface area contributed by atoms with Crippen LogP contribution in [0.4, 0.5) is 10.5 Å². The number of ether oxygens (including phenoxy) is 1. The van der Waals surface area contributed by atoms with Crippen LogP contribution in [0.25, 0.3) is 10.9 Å². The molecule has 152 valence electrons. The zero-order chi connectivity index (χ0) is 21.0. The summed E-state index contributed by atoms with van der Waals surface area (Å²) in [6, 6.07) is 15.0. The van der Waals surface area contributed by atoms with Crippen LogP contribution in [0.3, 0.4) is 0 Å². The van der Waals surface area contributed by atoms with Crippen molar-refractivity contribution < 1.29 is 14.3 Å². The van der Waals surface area contributed by atoms with E-state index < -0.39 is 17.6 Å². The molecule has 1 aromatic heterocycles. The Balaban J connectivity index is 1.80. The number of hydrogen-bond donors (Lipinski definition) is 3. The number of rotatable bonds is 5. The Morgan fingerprint density at radius 2 is 1.83 bits per heavy atom. The monoisotopic (exact) mass is 457 g/mol. The number of aromatic nitrogens is 1. The predicted molar refractivity (Wildman–Crippen MR) is 118 cm³/mol. The second kappa shape index (κ2) is 8.69. The van der Waals surface area contributed by atoms with Crippen LogP contribution >= 0.6 is 15.9 Å². The lowest BCUT2D eigenvalue weighted by Gasteiger charge is -2.22. The maximum absolute atomic E-state index is 13.1. The van der Waals surface area contributed by atoms with Crippen LogP contribution in [0.2, 0.25) is 0 Å². The molecule has 1 heterocycles. The highest BCUT2D eigenvalue weighted by molar-refractivity contribution is 9.10. The SMILES string of the molecule is CC(C)(C)OC(=O)NC[C@@H](C(=O)Nc1cccc2c(Br)c[nH]c12)c1ccccc1. The van der Waals surface area contributed by atoms with Crippen molar-refractivity contribution in [3.05, 3.63) is 64.8 Å². The van der Waals surface area contributed by atoms with Gasteiger partial charge in [-0.1, -0.05) is 42.5 Å². The number of carbonyl (C=O) groups is 2. The number of fused-ring (bicyclic) bond motifs is 1. The van der Waals surface area contributed by atoms with E-state index in [9.17, 15) is 9.59 Å². The van der Waals surface area contributed by atoms with Crippen LogP contribution in [-0.4, -0.2) is 29.1 Å². The third kappa shape index (κ3) is 5.38. The summed E-state index contributed by atoms with van der Waals surface area (Å²) in [5, 5.41) is 6.67. The van der Waals surface area contributed by atoms with E-state index >= 15 is 0 Å². The second-order valence-corrected chi connectivity index (χ2v) is 8.55. The molecule has 0 fully saturated rings. The van der Waals surface area contributed by atoms with Gasteiger partial charge in [-0.2, -0.15) is 0 Å². The number of nitrogens with one attached hydrogen (secondary N) is 3. The molecule has 0 aliphatic carbocycles.